The van der Waals surface area contributed by atoms with Crippen molar-refractivity contribution in [3.05, 3.63) is 23.8 Å². The van der Waals surface area contributed by atoms with Crippen LogP contribution in [0.4, 0.5) is 5.69 Å². The molecule has 0 aromatic heterocycles. The van der Waals surface area contributed by atoms with Crippen LogP contribution in [0.15, 0.2) is 18.2 Å². The molecule has 0 radical (unpaired) electrons. The van der Waals surface area contributed by atoms with Gasteiger partial charge in [-0.2, -0.15) is 0 Å². The molecule has 0 spiro atoms. The quantitative estimate of drug-likeness (QED) is 0.734. The Kier molecular flexibility index (Phi) is 4.24. The Morgan fingerprint density at radius 2 is 2.15 bits per heavy atom. The monoisotopic (exact) mass is 277 g/mol. The fourth-order valence-electron chi connectivity index (χ4n) is 2.08. The van der Waals surface area contributed by atoms with E-state index in [4.69, 9.17) is 10.5 Å². The van der Waals surface area contributed by atoms with Crippen molar-refractivity contribution in [2.75, 3.05) is 25.5 Å². The van der Waals surface area contributed by atoms with Gasteiger partial charge in [0.1, 0.15) is 5.75 Å². The lowest BCUT2D eigenvalue weighted by molar-refractivity contribution is -0.121. The second kappa shape index (κ2) is 5.92. The first-order valence-corrected chi connectivity index (χ1v) is 6.52. The van der Waals surface area contributed by atoms with Gasteiger partial charge in [-0.15, -0.1) is 0 Å². The van der Waals surface area contributed by atoms with E-state index in [9.17, 15) is 9.59 Å². The van der Waals surface area contributed by atoms with Crippen LogP contribution < -0.4 is 21.1 Å². The Bertz CT molecular complexity index is 526. The summed E-state index contributed by atoms with van der Waals surface area (Å²) in [6.45, 7) is 3.60. The van der Waals surface area contributed by atoms with Gasteiger partial charge in [0.05, 0.1) is 12.8 Å². The smallest absolute Gasteiger partial charge is 0.248 e. The molecule has 108 valence electrons. The van der Waals surface area contributed by atoms with Crippen molar-refractivity contribution in [2.45, 2.75) is 6.92 Å². The minimum atomic E-state index is -0.542. The van der Waals surface area contributed by atoms with Crippen molar-refractivity contribution < 1.29 is 14.3 Å². The Morgan fingerprint density at radius 3 is 2.65 bits per heavy atom. The fraction of sp³-hybridized carbons (Fsp3) is 0.429. The number of ether oxygens (including phenoxy) is 1. The molecule has 1 atom stereocenters. The number of anilines is 1. The second-order valence-corrected chi connectivity index (χ2v) is 4.98. The zero-order chi connectivity index (χ0) is 14.7. The number of hydrogen-bond acceptors (Lipinski definition) is 4. The van der Waals surface area contributed by atoms with Crippen molar-refractivity contribution >= 4 is 17.5 Å². The van der Waals surface area contributed by atoms with E-state index < -0.39 is 5.91 Å². The van der Waals surface area contributed by atoms with Gasteiger partial charge < -0.3 is 21.1 Å². The molecule has 4 N–H and O–H groups in total. The van der Waals surface area contributed by atoms with Crippen molar-refractivity contribution in [3.63, 3.8) is 0 Å². The molecule has 1 unspecified atom stereocenters. The number of carbonyl (C=O) groups is 2. The van der Waals surface area contributed by atoms with E-state index in [0.717, 1.165) is 13.1 Å². The lowest BCUT2D eigenvalue weighted by Crippen LogP contribution is -2.48. The minimum absolute atomic E-state index is 0.0866. The maximum atomic E-state index is 12.2. The third kappa shape index (κ3) is 2.91. The van der Waals surface area contributed by atoms with Crippen LogP contribution in [-0.2, 0) is 4.79 Å². The van der Waals surface area contributed by atoms with Crippen molar-refractivity contribution in [1.29, 1.82) is 0 Å². The van der Waals surface area contributed by atoms with E-state index in [-0.39, 0.29) is 11.8 Å². The highest BCUT2D eigenvalue weighted by molar-refractivity contribution is 5.98. The topological polar surface area (TPSA) is 93.4 Å². The summed E-state index contributed by atoms with van der Waals surface area (Å²) in [5.74, 6) is 0.122. The minimum Gasteiger partial charge on any atom is -0.495 e. The van der Waals surface area contributed by atoms with Crippen molar-refractivity contribution in [2.24, 2.45) is 17.6 Å². The summed E-state index contributed by atoms with van der Waals surface area (Å²) in [6.07, 6.45) is 0. The molecule has 20 heavy (non-hydrogen) atoms. The van der Waals surface area contributed by atoms with Crippen molar-refractivity contribution in [3.8, 4) is 5.75 Å². The van der Waals surface area contributed by atoms with E-state index in [1.807, 2.05) is 6.92 Å². The number of benzene rings is 1. The molecule has 1 aromatic carbocycles. The largest absolute Gasteiger partial charge is 0.495 e. The molecule has 0 bridgehead atoms. The van der Waals surface area contributed by atoms with Crippen molar-refractivity contribution in [1.82, 2.24) is 5.32 Å². The molecule has 0 saturated carbocycles. The maximum absolute atomic E-state index is 12.2. The average Bonchev–Trinajstić information content (AvgIpc) is 2.36. The lowest BCUT2D eigenvalue weighted by Gasteiger charge is -2.31. The van der Waals surface area contributed by atoms with Crippen LogP contribution in [0, 0.1) is 11.8 Å². The highest BCUT2D eigenvalue weighted by Crippen LogP contribution is 2.27. The molecule has 1 aliphatic rings. The van der Waals surface area contributed by atoms with E-state index in [2.05, 4.69) is 10.6 Å². The Hall–Kier alpha value is -2.08. The summed E-state index contributed by atoms with van der Waals surface area (Å²) >= 11 is 0. The molecule has 6 heteroatoms. The first kappa shape index (κ1) is 14.3. The van der Waals surface area contributed by atoms with Gasteiger partial charge >= 0.3 is 0 Å². The summed E-state index contributed by atoms with van der Waals surface area (Å²) < 4.78 is 5.18. The van der Waals surface area contributed by atoms with Crippen LogP contribution in [0.3, 0.4) is 0 Å². The summed E-state index contributed by atoms with van der Waals surface area (Å²) in [4.78, 5) is 23.4. The molecule has 1 aliphatic heterocycles. The highest BCUT2D eigenvalue weighted by atomic mass is 16.5. The van der Waals surface area contributed by atoms with Gasteiger partial charge in [0.2, 0.25) is 11.8 Å². The molecule has 1 aromatic rings. The van der Waals surface area contributed by atoms with E-state index in [1.54, 1.807) is 12.1 Å². The molecule has 1 saturated heterocycles. The third-order valence-corrected chi connectivity index (χ3v) is 3.68. The zero-order valence-corrected chi connectivity index (χ0v) is 11.6. The zero-order valence-electron chi connectivity index (χ0n) is 11.6. The van der Waals surface area contributed by atoms with Crippen LogP contribution in [0.25, 0.3) is 0 Å². The van der Waals surface area contributed by atoms with Gasteiger partial charge in [0.25, 0.3) is 0 Å². The summed E-state index contributed by atoms with van der Waals surface area (Å²) in [7, 11) is 1.51. The number of hydrogen-bond donors (Lipinski definition) is 3. The third-order valence-electron chi connectivity index (χ3n) is 3.68. The number of primary amides is 1. The maximum Gasteiger partial charge on any atom is 0.248 e. The molecule has 0 aliphatic carbocycles. The van der Waals surface area contributed by atoms with E-state index in [1.165, 1.54) is 13.2 Å². The van der Waals surface area contributed by atoms with Crippen LogP contribution in [0.2, 0.25) is 0 Å². The summed E-state index contributed by atoms with van der Waals surface area (Å²) in [5.41, 5.74) is 6.04. The van der Waals surface area contributed by atoms with Gasteiger partial charge in [0, 0.05) is 11.5 Å². The normalized spacial score (nSPS) is 16.1. The van der Waals surface area contributed by atoms with Gasteiger partial charge in [-0.1, -0.05) is 6.92 Å². The predicted octanol–water partition coefficient (Wildman–Crippen LogP) is 0.588. The SMILES string of the molecule is COc1ccc(C(N)=O)cc1NC(=O)C(C)C1CNC1. The molecule has 2 amide bonds. The molecule has 2 rings (SSSR count). The predicted molar refractivity (Wildman–Crippen MR) is 75.7 cm³/mol. The Labute approximate surface area is 117 Å². The first-order valence-electron chi connectivity index (χ1n) is 6.52. The molecule has 1 fully saturated rings. The number of rotatable bonds is 5. The number of amides is 2. The first-order chi connectivity index (χ1) is 9.52. The summed E-state index contributed by atoms with van der Waals surface area (Å²) in [6, 6.07) is 4.71. The fourth-order valence-corrected chi connectivity index (χ4v) is 2.08. The molecular weight excluding hydrogens is 258 g/mol. The number of nitrogens with two attached hydrogens (primary N) is 1. The Morgan fingerprint density at radius 1 is 1.45 bits per heavy atom. The van der Waals surface area contributed by atoms with Gasteiger partial charge in [-0.05, 0) is 37.2 Å². The van der Waals surface area contributed by atoms with Crippen LogP contribution in [0.1, 0.15) is 17.3 Å². The van der Waals surface area contributed by atoms with Gasteiger partial charge in [0.15, 0.2) is 0 Å². The number of nitrogens with one attached hydrogen (secondary N) is 2. The second-order valence-electron chi connectivity index (χ2n) is 4.98. The molecule has 1 heterocycles. The van der Waals surface area contributed by atoms with E-state index >= 15 is 0 Å². The summed E-state index contributed by atoms with van der Waals surface area (Å²) in [5, 5.41) is 5.95. The standard InChI is InChI=1S/C14H19N3O3/c1-8(10-6-16-7-10)14(19)17-11-5-9(13(15)18)3-4-12(11)20-2/h3-5,8,10,16H,6-7H2,1-2H3,(H2,15,18)(H,17,19). The molecule has 6 nitrogen and oxygen atoms in total. The highest BCUT2D eigenvalue weighted by Gasteiger charge is 2.29. The van der Waals surface area contributed by atoms with E-state index in [0.29, 0.717) is 22.9 Å². The van der Waals surface area contributed by atoms with Gasteiger partial charge in [-0.3, -0.25) is 9.59 Å². The van der Waals surface area contributed by atoms with Crippen LogP contribution >= 0.6 is 0 Å². The van der Waals surface area contributed by atoms with Crippen LogP contribution in [-0.4, -0.2) is 32.0 Å². The van der Waals surface area contributed by atoms with Gasteiger partial charge in [-0.25, -0.2) is 0 Å². The number of methoxy groups -OCH3 is 1. The lowest BCUT2D eigenvalue weighted by atomic mass is 9.88. The molecular formula is C14H19N3O3. The Balaban J connectivity index is 2.15. The average molecular weight is 277 g/mol. The van der Waals surface area contributed by atoms with Crippen LogP contribution in [0.5, 0.6) is 5.75 Å². The number of carbonyl (C=O) groups excluding carboxylic acids is 2.